The highest BCUT2D eigenvalue weighted by Crippen LogP contribution is 2.29. The molecule has 104 valence electrons. The monoisotopic (exact) mass is 327 g/mol. The molecule has 0 saturated heterocycles. The first kappa shape index (κ1) is 14.3. The highest BCUT2D eigenvalue weighted by molar-refractivity contribution is 9.10. The van der Waals surface area contributed by atoms with Crippen molar-refractivity contribution in [1.29, 1.82) is 0 Å². The van der Waals surface area contributed by atoms with Gasteiger partial charge in [0, 0.05) is 12.1 Å². The predicted molar refractivity (Wildman–Crippen MR) is 80.7 cm³/mol. The van der Waals surface area contributed by atoms with Crippen molar-refractivity contribution < 1.29 is 4.39 Å². The van der Waals surface area contributed by atoms with Crippen LogP contribution in [0.25, 0.3) is 11.0 Å². The van der Waals surface area contributed by atoms with E-state index < -0.39 is 0 Å². The third kappa shape index (κ3) is 2.91. The number of halogens is 2. The fraction of sp³-hybridized carbons (Fsp3) is 0.500. The van der Waals surface area contributed by atoms with Gasteiger partial charge in [0.05, 0.1) is 15.5 Å². The number of imidazole rings is 1. The molecule has 1 unspecified atom stereocenters. The number of nitrogen functional groups attached to an aromatic ring is 1. The van der Waals surface area contributed by atoms with Crippen molar-refractivity contribution in [2.24, 2.45) is 0 Å². The second kappa shape index (κ2) is 5.90. The number of nitrogens with zero attached hydrogens (tertiary/aromatic N) is 2. The maximum atomic E-state index is 13.5. The van der Waals surface area contributed by atoms with Gasteiger partial charge in [-0.25, -0.2) is 9.37 Å². The second-order valence-electron chi connectivity index (χ2n) is 4.94. The summed E-state index contributed by atoms with van der Waals surface area (Å²) in [5, 5.41) is 0. The van der Waals surface area contributed by atoms with Crippen molar-refractivity contribution in [2.75, 3.05) is 5.73 Å². The minimum absolute atomic E-state index is 0.272. The summed E-state index contributed by atoms with van der Waals surface area (Å²) in [7, 11) is 0. The third-order valence-corrected chi connectivity index (χ3v) is 4.03. The topological polar surface area (TPSA) is 43.8 Å². The molecule has 2 N–H and O–H groups in total. The van der Waals surface area contributed by atoms with E-state index in [1.807, 2.05) is 4.57 Å². The van der Waals surface area contributed by atoms with E-state index in [0.717, 1.165) is 11.9 Å². The Bertz CT molecular complexity index is 580. The number of fused-ring (bicyclic) bond motifs is 1. The summed E-state index contributed by atoms with van der Waals surface area (Å²) in [4.78, 5) is 4.24. The number of hydrogen-bond acceptors (Lipinski definition) is 2. The molecule has 0 radical (unpaired) electrons. The van der Waals surface area contributed by atoms with Crippen LogP contribution in [0.3, 0.4) is 0 Å². The van der Waals surface area contributed by atoms with Gasteiger partial charge in [0.1, 0.15) is 5.82 Å². The highest BCUT2D eigenvalue weighted by atomic mass is 79.9. The fourth-order valence-corrected chi connectivity index (χ4v) is 2.72. The molecule has 0 aliphatic carbocycles. The largest absolute Gasteiger partial charge is 0.369 e. The van der Waals surface area contributed by atoms with Gasteiger partial charge in [-0.3, -0.25) is 0 Å². The average Bonchev–Trinajstić information content (AvgIpc) is 2.65. The lowest BCUT2D eigenvalue weighted by Gasteiger charge is -2.16. The standard InChI is InChI=1S/C14H19BrFN3/c1-3-4-5-6-9(2)19-13-7-10(15)11(16)8-12(13)18-14(19)17/h7-9H,3-6H2,1-2H3,(H2,17,18). The third-order valence-electron chi connectivity index (χ3n) is 3.43. The minimum atomic E-state index is -0.309. The van der Waals surface area contributed by atoms with Gasteiger partial charge in [0.25, 0.3) is 0 Å². The van der Waals surface area contributed by atoms with E-state index in [-0.39, 0.29) is 11.9 Å². The fourth-order valence-electron chi connectivity index (χ4n) is 2.39. The first-order chi connectivity index (χ1) is 9.04. The van der Waals surface area contributed by atoms with E-state index >= 15 is 0 Å². The summed E-state index contributed by atoms with van der Waals surface area (Å²) in [6, 6.07) is 3.45. The summed E-state index contributed by atoms with van der Waals surface area (Å²) in [6.45, 7) is 4.32. The number of unbranched alkanes of at least 4 members (excludes halogenated alkanes) is 2. The normalized spacial score (nSPS) is 13.1. The molecule has 2 aromatic rings. The summed E-state index contributed by atoms with van der Waals surface area (Å²) in [5.74, 6) is 0.146. The zero-order valence-electron chi connectivity index (χ0n) is 11.3. The first-order valence-corrected chi connectivity index (χ1v) is 7.46. The molecular formula is C14H19BrFN3. The van der Waals surface area contributed by atoms with Gasteiger partial charge in [-0.2, -0.15) is 0 Å². The Kier molecular flexibility index (Phi) is 4.45. The van der Waals surface area contributed by atoms with Gasteiger partial charge in [0.15, 0.2) is 0 Å². The van der Waals surface area contributed by atoms with E-state index in [9.17, 15) is 4.39 Å². The molecule has 5 heteroatoms. The van der Waals surface area contributed by atoms with E-state index in [2.05, 4.69) is 34.8 Å². The minimum Gasteiger partial charge on any atom is -0.369 e. The van der Waals surface area contributed by atoms with Gasteiger partial charge < -0.3 is 10.3 Å². The van der Waals surface area contributed by atoms with E-state index in [1.54, 1.807) is 6.07 Å². The van der Waals surface area contributed by atoms with Crippen LogP contribution in [-0.4, -0.2) is 9.55 Å². The first-order valence-electron chi connectivity index (χ1n) is 6.67. The van der Waals surface area contributed by atoms with Crippen molar-refractivity contribution in [3.05, 3.63) is 22.4 Å². The highest BCUT2D eigenvalue weighted by Gasteiger charge is 2.15. The molecule has 0 aliphatic heterocycles. The van der Waals surface area contributed by atoms with Gasteiger partial charge in [-0.15, -0.1) is 0 Å². The molecule has 0 spiro atoms. The summed E-state index contributed by atoms with van der Waals surface area (Å²) in [6.07, 6.45) is 4.64. The molecule has 2 rings (SSSR count). The number of aromatic nitrogens is 2. The van der Waals surface area contributed by atoms with Crippen molar-refractivity contribution in [3.8, 4) is 0 Å². The molecular weight excluding hydrogens is 309 g/mol. The zero-order chi connectivity index (χ0) is 14.0. The van der Waals surface area contributed by atoms with Crippen LogP contribution < -0.4 is 5.73 Å². The van der Waals surface area contributed by atoms with Crippen LogP contribution in [0, 0.1) is 5.82 Å². The number of nitrogens with two attached hydrogens (primary N) is 1. The number of hydrogen-bond donors (Lipinski definition) is 1. The Morgan fingerprint density at radius 2 is 2.16 bits per heavy atom. The van der Waals surface area contributed by atoms with Crippen LogP contribution in [0.5, 0.6) is 0 Å². The van der Waals surface area contributed by atoms with Gasteiger partial charge in [-0.1, -0.05) is 26.2 Å². The number of anilines is 1. The molecule has 1 aromatic heterocycles. The van der Waals surface area contributed by atoms with Crippen molar-refractivity contribution in [2.45, 2.75) is 45.6 Å². The van der Waals surface area contributed by atoms with Crippen LogP contribution in [0.2, 0.25) is 0 Å². The maximum absolute atomic E-state index is 13.5. The molecule has 0 amide bonds. The van der Waals surface area contributed by atoms with Gasteiger partial charge >= 0.3 is 0 Å². The SMILES string of the molecule is CCCCCC(C)n1c(N)nc2cc(F)c(Br)cc21. The van der Waals surface area contributed by atoms with Crippen molar-refractivity contribution in [1.82, 2.24) is 9.55 Å². The summed E-state index contributed by atoms with van der Waals surface area (Å²) >= 11 is 3.22. The molecule has 1 atom stereocenters. The van der Waals surface area contributed by atoms with Crippen molar-refractivity contribution in [3.63, 3.8) is 0 Å². The molecule has 0 aliphatic rings. The van der Waals surface area contributed by atoms with E-state index in [4.69, 9.17) is 5.73 Å². The second-order valence-corrected chi connectivity index (χ2v) is 5.79. The maximum Gasteiger partial charge on any atom is 0.201 e. The Morgan fingerprint density at radius 1 is 1.42 bits per heavy atom. The van der Waals surface area contributed by atoms with Crippen LogP contribution in [0.15, 0.2) is 16.6 Å². The average molecular weight is 328 g/mol. The lowest BCUT2D eigenvalue weighted by Crippen LogP contribution is -2.08. The number of rotatable bonds is 5. The molecule has 3 nitrogen and oxygen atoms in total. The van der Waals surface area contributed by atoms with Crippen LogP contribution in [0.1, 0.15) is 45.6 Å². The molecule has 1 heterocycles. The Balaban J connectivity index is 2.36. The molecule has 1 aromatic carbocycles. The quantitative estimate of drug-likeness (QED) is 0.811. The molecule has 0 bridgehead atoms. The molecule has 19 heavy (non-hydrogen) atoms. The van der Waals surface area contributed by atoms with Crippen LogP contribution >= 0.6 is 15.9 Å². The molecule has 0 saturated carbocycles. The zero-order valence-corrected chi connectivity index (χ0v) is 12.9. The summed E-state index contributed by atoms with van der Waals surface area (Å²) < 4.78 is 15.9. The van der Waals surface area contributed by atoms with Crippen LogP contribution in [-0.2, 0) is 0 Å². The van der Waals surface area contributed by atoms with Gasteiger partial charge in [-0.05, 0) is 35.3 Å². The Morgan fingerprint density at radius 3 is 2.84 bits per heavy atom. The predicted octanol–water partition coefficient (Wildman–Crippen LogP) is 4.66. The smallest absolute Gasteiger partial charge is 0.201 e. The van der Waals surface area contributed by atoms with E-state index in [0.29, 0.717) is 15.9 Å². The lowest BCUT2D eigenvalue weighted by atomic mass is 10.1. The van der Waals surface area contributed by atoms with Crippen molar-refractivity contribution >= 4 is 32.9 Å². The Labute approximate surface area is 121 Å². The molecule has 0 fully saturated rings. The number of benzene rings is 1. The van der Waals surface area contributed by atoms with Crippen LogP contribution in [0.4, 0.5) is 10.3 Å². The summed E-state index contributed by atoms with van der Waals surface area (Å²) in [5.41, 5.74) is 7.47. The van der Waals surface area contributed by atoms with E-state index in [1.165, 1.54) is 25.3 Å². The Hall–Kier alpha value is -1.10. The van der Waals surface area contributed by atoms with Gasteiger partial charge in [0.2, 0.25) is 5.95 Å². The lowest BCUT2D eigenvalue weighted by molar-refractivity contribution is 0.492.